The fraction of sp³-hybridized carbons (Fsp3) is 0.235. The number of rotatable bonds is 4. The van der Waals surface area contributed by atoms with Crippen LogP contribution in [0.2, 0.25) is 0 Å². The van der Waals surface area contributed by atoms with Gasteiger partial charge in [-0.1, -0.05) is 18.2 Å². The number of hydrogen-bond donors (Lipinski definition) is 0. The van der Waals surface area contributed by atoms with Crippen molar-refractivity contribution in [3.63, 3.8) is 0 Å². The van der Waals surface area contributed by atoms with Gasteiger partial charge in [0.15, 0.2) is 0 Å². The van der Waals surface area contributed by atoms with Crippen molar-refractivity contribution in [3.8, 4) is 0 Å². The minimum absolute atomic E-state index is 0.349. The largest absolute Gasteiger partial charge is 0.465 e. The number of ether oxygens (including phenoxy) is 1. The first-order chi connectivity index (χ1) is 10.6. The van der Waals surface area contributed by atoms with E-state index in [4.69, 9.17) is 4.74 Å². The molecule has 1 aromatic rings. The lowest BCUT2D eigenvalue weighted by molar-refractivity contribution is 0.0600. The summed E-state index contributed by atoms with van der Waals surface area (Å²) in [7, 11) is 5.20. The van der Waals surface area contributed by atoms with Crippen LogP contribution in [0, 0.1) is 0 Å². The number of carbonyl (C=O) groups is 1. The summed E-state index contributed by atoms with van der Waals surface area (Å²) >= 11 is 0. The normalized spacial score (nSPS) is 14.3. The van der Waals surface area contributed by atoms with E-state index in [9.17, 15) is 4.79 Å². The van der Waals surface area contributed by atoms with Crippen molar-refractivity contribution in [3.05, 3.63) is 59.4 Å². The number of nitrogens with zero attached hydrogens (tertiary/aromatic N) is 3. The van der Waals surface area contributed by atoms with Gasteiger partial charge in [-0.2, -0.15) is 0 Å². The van der Waals surface area contributed by atoms with Crippen LogP contribution in [0.4, 0.5) is 0 Å². The van der Waals surface area contributed by atoms with Gasteiger partial charge in [0.25, 0.3) is 0 Å². The summed E-state index contributed by atoms with van der Waals surface area (Å²) in [6.07, 6.45) is 8.08. The topological polar surface area (TPSA) is 54.3 Å². The average Bonchev–Trinajstić information content (AvgIpc) is 2.78. The van der Waals surface area contributed by atoms with Gasteiger partial charge in [-0.15, -0.1) is 0 Å². The Morgan fingerprint density at radius 1 is 1.41 bits per heavy atom. The second-order valence-corrected chi connectivity index (χ2v) is 5.02. The number of esters is 1. The van der Waals surface area contributed by atoms with Crippen LogP contribution in [0.25, 0.3) is 0 Å². The van der Waals surface area contributed by atoms with Gasteiger partial charge >= 0.3 is 5.97 Å². The van der Waals surface area contributed by atoms with Crippen molar-refractivity contribution in [2.45, 2.75) is 6.42 Å². The third kappa shape index (κ3) is 4.15. The van der Waals surface area contributed by atoms with E-state index in [1.54, 1.807) is 24.7 Å². The van der Waals surface area contributed by atoms with Gasteiger partial charge in [-0.3, -0.25) is 4.99 Å². The summed E-state index contributed by atoms with van der Waals surface area (Å²) in [5, 5.41) is 0. The fourth-order valence-corrected chi connectivity index (χ4v) is 1.93. The van der Waals surface area contributed by atoms with E-state index in [2.05, 4.69) is 9.98 Å². The molecular formula is C17H19N3O2. The molecule has 0 fully saturated rings. The van der Waals surface area contributed by atoms with E-state index in [1.165, 1.54) is 7.11 Å². The van der Waals surface area contributed by atoms with E-state index in [0.717, 1.165) is 17.0 Å². The molecule has 0 amide bonds. The van der Waals surface area contributed by atoms with Gasteiger partial charge in [0.1, 0.15) is 0 Å². The number of hydrogen-bond acceptors (Lipinski definition) is 4. The summed E-state index contributed by atoms with van der Waals surface area (Å²) in [5.41, 5.74) is 3.09. The molecular weight excluding hydrogens is 278 g/mol. The second kappa shape index (κ2) is 7.36. The average molecular weight is 297 g/mol. The molecule has 0 spiro atoms. The van der Waals surface area contributed by atoms with Crippen LogP contribution in [0.5, 0.6) is 0 Å². The number of allylic oxidation sites excluding steroid dienone is 2. The fourth-order valence-electron chi connectivity index (χ4n) is 1.93. The molecule has 5 heteroatoms. The predicted octanol–water partition coefficient (Wildman–Crippen LogP) is 2.65. The molecule has 1 aromatic carbocycles. The maximum Gasteiger partial charge on any atom is 0.337 e. The van der Waals surface area contributed by atoms with E-state index < -0.39 is 0 Å². The lowest BCUT2D eigenvalue weighted by atomic mass is 10.0. The quantitative estimate of drug-likeness (QED) is 0.488. The standard InChI is InChI=1S/C17H19N3O2/c1-20(2)12-19-15-8-5-9-16(18-11-15)13-6-4-7-14(10-13)17(21)22-3/h4-8,10-12H,9H2,1-3H3. The van der Waals surface area contributed by atoms with Gasteiger partial charge in [0, 0.05) is 20.5 Å². The van der Waals surface area contributed by atoms with Gasteiger partial charge in [0.05, 0.1) is 36.6 Å². The van der Waals surface area contributed by atoms with Crippen molar-refractivity contribution < 1.29 is 9.53 Å². The summed E-state index contributed by atoms with van der Waals surface area (Å²) < 4.78 is 4.75. The molecule has 0 saturated heterocycles. The molecule has 0 N–H and O–H groups in total. The van der Waals surface area contributed by atoms with Crippen molar-refractivity contribution >= 4 is 18.0 Å². The first kappa shape index (κ1) is 15.7. The number of carbonyl (C=O) groups excluding carboxylic acids is 1. The number of methoxy groups -OCH3 is 1. The van der Waals surface area contributed by atoms with E-state index in [0.29, 0.717) is 12.0 Å². The Hall–Kier alpha value is -2.69. The molecule has 5 nitrogen and oxygen atoms in total. The summed E-state index contributed by atoms with van der Waals surface area (Å²) in [6, 6.07) is 7.28. The molecule has 22 heavy (non-hydrogen) atoms. The Morgan fingerprint density at radius 2 is 2.23 bits per heavy atom. The van der Waals surface area contributed by atoms with E-state index >= 15 is 0 Å². The van der Waals surface area contributed by atoms with Gasteiger partial charge in [-0.05, 0) is 23.8 Å². The lowest BCUT2D eigenvalue weighted by Crippen LogP contribution is -2.07. The Kier molecular flexibility index (Phi) is 5.25. The highest BCUT2D eigenvalue weighted by Crippen LogP contribution is 2.14. The SMILES string of the molecule is COC(=O)c1cccc(C2=NC=C(N=CN(C)C)C=CC2)c1. The molecule has 0 aromatic heterocycles. The van der Waals surface area contributed by atoms with Crippen molar-refractivity contribution in [2.24, 2.45) is 9.98 Å². The molecule has 0 aliphatic carbocycles. The second-order valence-electron chi connectivity index (χ2n) is 5.02. The summed E-state index contributed by atoms with van der Waals surface area (Å²) in [5.74, 6) is -0.349. The number of benzene rings is 1. The van der Waals surface area contributed by atoms with E-state index in [-0.39, 0.29) is 5.97 Å². The molecule has 114 valence electrons. The first-order valence-electron chi connectivity index (χ1n) is 6.93. The Bertz CT molecular complexity index is 670. The number of aliphatic imine (C=N–C) groups is 2. The van der Waals surface area contributed by atoms with Crippen molar-refractivity contribution in [2.75, 3.05) is 21.2 Å². The third-order valence-electron chi connectivity index (χ3n) is 3.01. The third-order valence-corrected chi connectivity index (χ3v) is 3.01. The molecule has 0 saturated carbocycles. The predicted molar refractivity (Wildman–Crippen MR) is 88.3 cm³/mol. The maximum absolute atomic E-state index is 11.6. The highest BCUT2D eigenvalue weighted by molar-refractivity contribution is 6.03. The van der Waals surface area contributed by atoms with Crippen LogP contribution >= 0.6 is 0 Å². The van der Waals surface area contributed by atoms with Crippen molar-refractivity contribution in [1.29, 1.82) is 0 Å². The zero-order valence-corrected chi connectivity index (χ0v) is 13.0. The molecule has 0 bridgehead atoms. The molecule has 2 rings (SSSR count). The zero-order chi connectivity index (χ0) is 15.9. The van der Waals surface area contributed by atoms with Crippen LogP contribution in [0.1, 0.15) is 22.3 Å². The van der Waals surface area contributed by atoms with Gasteiger partial charge in [-0.25, -0.2) is 9.79 Å². The van der Waals surface area contributed by atoms with Crippen LogP contribution in [-0.2, 0) is 4.74 Å². The smallest absolute Gasteiger partial charge is 0.337 e. The lowest BCUT2D eigenvalue weighted by Gasteiger charge is -2.05. The summed E-state index contributed by atoms with van der Waals surface area (Å²) in [6.45, 7) is 0. The summed E-state index contributed by atoms with van der Waals surface area (Å²) in [4.78, 5) is 22.3. The van der Waals surface area contributed by atoms with Crippen LogP contribution in [0.15, 0.2) is 58.3 Å². The maximum atomic E-state index is 11.6. The van der Waals surface area contributed by atoms with Crippen LogP contribution < -0.4 is 0 Å². The Labute approximate surface area is 130 Å². The van der Waals surface area contributed by atoms with Crippen molar-refractivity contribution in [1.82, 2.24) is 4.90 Å². The first-order valence-corrected chi connectivity index (χ1v) is 6.93. The van der Waals surface area contributed by atoms with E-state index in [1.807, 2.05) is 43.3 Å². The Morgan fingerprint density at radius 3 is 2.95 bits per heavy atom. The molecule has 1 heterocycles. The van der Waals surface area contributed by atoms with Gasteiger partial charge < -0.3 is 9.64 Å². The molecule has 1 aliphatic heterocycles. The van der Waals surface area contributed by atoms with Gasteiger partial charge in [0.2, 0.25) is 0 Å². The van der Waals surface area contributed by atoms with Crippen LogP contribution in [0.3, 0.4) is 0 Å². The Balaban J connectivity index is 2.26. The highest BCUT2D eigenvalue weighted by Gasteiger charge is 2.09. The molecule has 1 aliphatic rings. The highest BCUT2D eigenvalue weighted by atomic mass is 16.5. The zero-order valence-electron chi connectivity index (χ0n) is 13.0. The molecule has 0 atom stereocenters. The molecule has 0 unspecified atom stereocenters. The molecule has 0 radical (unpaired) electrons. The minimum Gasteiger partial charge on any atom is -0.465 e. The van der Waals surface area contributed by atoms with Crippen LogP contribution in [-0.4, -0.2) is 44.1 Å². The monoisotopic (exact) mass is 297 g/mol. The minimum atomic E-state index is -0.349.